The summed E-state index contributed by atoms with van der Waals surface area (Å²) < 4.78 is 9.91. The van der Waals surface area contributed by atoms with Gasteiger partial charge in [-0.1, -0.05) is 0 Å². The second kappa shape index (κ2) is 8.21. The molecule has 1 aromatic carbocycles. The Kier molecular flexibility index (Phi) is 6.61. The number of hydrogen-bond acceptors (Lipinski definition) is 6. The molecule has 0 atom stereocenters. The van der Waals surface area contributed by atoms with E-state index in [0.29, 0.717) is 25.4 Å². The van der Waals surface area contributed by atoms with Crippen LogP contribution in [0, 0.1) is 10.1 Å². The zero-order valence-corrected chi connectivity index (χ0v) is 12.5. The van der Waals surface area contributed by atoms with E-state index in [9.17, 15) is 14.9 Å². The molecule has 21 heavy (non-hydrogen) atoms. The van der Waals surface area contributed by atoms with E-state index in [0.717, 1.165) is 5.56 Å². The van der Waals surface area contributed by atoms with E-state index in [-0.39, 0.29) is 18.1 Å². The molecular formula is C14H20N2O5. The number of ether oxygens (including phenoxy) is 2. The monoisotopic (exact) mass is 296 g/mol. The van der Waals surface area contributed by atoms with Gasteiger partial charge in [0.2, 0.25) is 0 Å². The van der Waals surface area contributed by atoms with E-state index in [1.807, 2.05) is 11.9 Å². The summed E-state index contributed by atoms with van der Waals surface area (Å²) in [6.07, 6.45) is 0.288. The van der Waals surface area contributed by atoms with Crippen molar-refractivity contribution in [3.05, 3.63) is 33.9 Å². The number of benzene rings is 1. The van der Waals surface area contributed by atoms with Gasteiger partial charge in [-0.3, -0.25) is 14.9 Å². The van der Waals surface area contributed by atoms with Crippen molar-refractivity contribution >= 4 is 11.7 Å². The topological polar surface area (TPSA) is 81.9 Å². The first-order chi connectivity index (χ1) is 9.96. The second-order valence-electron chi connectivity index (χ2n) is 4.59. The maximum absolute atomic E-state index is 11.3. The highest BCUT2D eigenvalue weighted by Gasteiger charge is 2.12. The van der Waals surface area contributed by atoms with E-state index in [4.69, 9.17) is 9.47 Å². The maximum atomic E-state index is 11.3. The van der Waals surface area contributed by atoms with Crippen molar-refractivity contribution in [1.29, 1.82) is 0 Å². The fourth-order valence-corrected chi connectivity index (χ4v) is 1.86. The van der Waals surface area contributed by atoms with Crippen molar-refractivity contribution in [3.8, 4) is 5.75 Å². The van der Waals surface area contributed by atoms with Crippen LogP contribution in [0.2, 0.25) is 0 Å². The molecule has 0 bridgehead atoms. The van der Waals surface area contributed by atoms with Crippen LogP contribution in [0.1, 0.15) is 18.9 Å². The lowest BCUT2D eigenvalue weighted by atomic mass is 10.1. The lowest BCUT2D eigenvalue weighted by Gasteiger charge is -2.16. The number of nitrogens with zero attached hydrogens (tertiary/aromatic N) is 2. The molecule has 1 rings (SSSR count). The molecule has 0 saturated carbocycles. The Bertz CT molecular complexity index is 504. The Balaban J connectivity index is 2.66. The Morgan fingerprint density at radius 1 is 1.38 bits per heavy atom. The standard InChI is InChI=1S/C14H20N2O5/c1-4-21-14(17)5-6-15(2)10-11-7-12(16(18)19)9-13(8-11)20-3/h7-9H,4-6,10H2,1-3H3. The molecule has 0 N–H and O–H groups in total. The minimum absolute atomic E-state index is 0.0110. The van der Waals surface area contributed by atoms with Crippen molar-refractivity contribution in [2.75, 3.05) is 27.3 Å². The molecular weight excluding hydrogens is 276 g/mol. The summed E-state index contributed by atoms with van der Waals surface area (Å²) >= 11 is 0. The SMILES string of the molecule is CCOC(=O)CCN(C)Cc1cc(OC)cc([N+](=O)[O-])c1. The summed E-state index contributed by atoms with van der Waals surface area (Å²) in [5, 5.41) is 10.9. The zero-order valence-electron chi connectivity index (χ0n) is 12.5. The van der Waals surface area contributed by atoms with Gasteiger partial charge < -0.3 is 14.4 Å². The van der Waals surface area contributed by atoms with Crippen LogP contribution in [0.3, 0.4) is 0 Å². The molecule has 7 heteroatoms. The maximum Gasteiger partial charge on any atom is 0.307 e. The fourth-order valence-electron chi connectivity index (χ4n) is 1.86. The lowest BCUT2D eigenvalue weighted by Crippen LogP contribution is -2.22. The van der Waals surface area contributed by atoms with Gasteiger partial charge in [0.15, 0.2) is 0 Å². The normalized spacial score (nSPS) is 10.5. The van der Waals surface area contributed by atoms with E-state index in [1.54, 1.807) is 13.0 Å². The molecule has 0 heterocycles. The van der Waals surface area contributed by atoms with Gasteiger partial charge in [-0.05, 0) is 25.6 Å². The summed E-state index contributed by atoms with van der Waals surface area (Å²) in [7, 11) is 3.30. The van der Waals surface area contributed by atoms with E-state index < -0.39 is 4.92 Å². The third kappa shape index (κ3) is 5.78. The molecule has 0 amide bonds. The average molecular weight is 296 g/mol. The Hall–Kier alpha value is -2.15. The summed E-state index contributed by atoms with van der Waals surface area (Å²) in [5.41, 5.74) is 0.746. The highest BCUT2D eigenvalue weighted by molar-refractivity contribution is 5.69. The number of methoxy groups -OCH3 is 1. The number of rotatable bonds is 8. The van der Waals surface area contributed by atoms with Crippen LogP contribution in [0.5, 0.6) is 5.75 Å². The van der Waals surface area contributed by atoms with Crippen LogP contribution < -0.4 is 4.74 Å². The largest absolute Gasteiger partial charge is 0.496 e. The van der Waals surface area contributed by atoms with Crippen molar-refractivity contribution in [3.63, 3.8) is 0 Å². The third-order valence-corrected chi connectivity index (χ3v) is 2.85. The number of nitro groups is 1. The molecule has 0 unspecified atom stereocenters. The van der Waals surface area contributed by atoms with Crippen molar-refractivity contribution in [2.24, 2.45) is 0 Å². The molecule has 0 aromatic heterocycles. The quantitative estimate of drug-likeness (QED) is 0.414. The van der Waals surface area contributed by atoms with Crippen LogP contribution in [-0.2, 0) is 16.1 Å². The number of non-ortho nitro benzene ring substituents is 1. The summed E-state index contributed by atoms with van der Waals surface area (Å²) in [5.74, 6) is 0.193. The first-order valence-corrected chi connectivity index (χ1v) is 6.62. The van der Waals surface area contributed by atoms with Gasteiger partial charge in [0.05, 0.1) is 31.1 Å². The molecule has 116 valence electrons. The van der Waals surface area contributed by atoms with E-state index in [2.05, 4.69) is 0 Å². The smallest absolute Gasteiger partial charge is 0.307 e. The predicted molar refractivity (Wildman–Crippen MR) is 77.2 cm³/mol. The molecule has 0 aliphatic rings. The first-order valence-electron chi connectivity index (χ1n) is 6.62. The van der Waals surface area contributed by atoms with E-state index in [1.165, 1.54) is 19.2 Å². The molecule has 0 aliphatic heterocycles. The van der Waals surface area contributed by atoms with E-state index >= 15 is 0 Å². The number of esters is 1. The zero-order chi connectivity index (χ0) is 15.8. The molecule has 7 nitrogen and oxygen atoms in total. The summed E-state index contributed by atoms with van der Waals surface area (Å²) in [4.78, 5) is 23.6. The highest BCUT2D eigenvalue weighted by atomic mass is 16.6. The van der Waals surface area contributed by atoms with Gasteiger partial charge in [0.1, 0.15) is 5.75 Å². The minimum Gasteiger partial charge on any atom is -0.496 e. The Morgan fingerprint density at radius 2 is 2.10 bits per heavy atom. The van der Waals surface area contributed by atoms with Crippen molar-refractivity contribution < 1.29 is 19.2 Å². The van der Waals surface area contributed by atoms with Gasteiger partial charge in [0.25, 0.3) is 5.69 Å². The first kappa shape index (κ1) is 16.9. The molecule has 0 saturated heterocycles. The molecule has 0 spiro atoms. The fraction of sp³-hybridized carbons (Fsp3) is 0.500. The lowest BCUT2D eigenvalue weighted by molar-refractivity contribution is -0.385. The molecule has 0 aliphatic carbocycles. The van der Waals surface area contributed by atoms with Gasteiger partial charge in [-0.15, -0.1) is 0 Å². The third-order valence-electron chi connectivity index (χ3n) is 2.85. The summed E-state index contributed by atoms with van der Waals surface area (Å²) in [6, 6.07) is 4.62. The van der Waals surface area contributed by atoms with Crippen molar-refractivity contribution in [2.45, 2.75) is 19.9 Å². The van der Waals surface area contributed by atoms with Gasteiger partial charge in [0, 0.05) is 19.2 Å². The van der Waals surface area contributed by atoms with Gasteiger partial charge >= 0.3 is 5.97 Å². The van der Waals surface area contributed by atoms with Crippen LogP contribution in [0.25, 0.3) is 0 Å². The molecule has 0 fully saturated rings. The van der Waals surface area contributed by atoms with Crippen LogP contribution in [-0.4, -0.2) is 43.1 Å². The average Bonchev–Trinajstić information content (AvgIpc) is 2.45. The van der Waals surface area contributed by atoms with Crippen molar-refractivity contribution in [1.82, 2.24) is 4.90 Å². The predicted octanol–water partition coefficient (Wildman–Crippen LogP) is 1.99. The van der Waals surface area contributed by atoms with Crippen LogP contribution in [0.4, 0.5) is 5.69 Å². The highest BCUT2D eigenvalue weighted by Crippen LogP contribution is 2.23. The number of hydrogen-bond donors (Lipinski definition) is 0. The Morgan fingerprint density at radius 3 is 2.67 bits per heavy atom. The van der Waals surface area contributed by atoms with Gasteiger partial charge in [-0.2, -0.15) is 0 Å². The van der Waals surface area contributed by atoms with Crippen LogP contribution >= 0.6 is 0 Å². The Labute approximate surface area is 123 Å². The van der Waals surface area contributed by atoms with Crippen LogP contribution in [0.15, 0.2) is 18.2 Å². The number of carbonyl (C=O) groups is 1. The second-order valence-corrected chi connectivity index (χ2v) is 4.59. The minimum atomic E-state index is -0.454. The molecule has 0 radical (unpaired) electrons. The molecule has 1 aromatic rings. The number of nitro benzene ring substituents is 1. The summed E-state index contributed by atoms with van der Waals surface area (Å²) in [6.45, 7) is 3.13. The van der Waals surface area contributed by atoms with Gasteiger partial charge in [-0.25, -0.2) is 0 Å². The number of carbonyl (C=O) groups excluding carboxylic acids is 1.